The number of rotatable bonds is 3. The van der Waals surface area contributed by atoms with E-state index in [1.807, 2.05) is 0 Å². The second kappa shape index (κ2) is 6.16. The minimum absolute atomic E-state index is 0.0542. The molecular formula is C18H18FN3O3. The Balaban J connectivity index is 1.77. The second-order valence-electron chi connectivity index (χ2n) is 6.11. The van der Waals surface area contributed by atoms with Gasteiger partial charge in [0, 0.05) is 37.2 Å². The molecule has 0 bridgehead atoms. The van der Waals surface area contributed by atoms with Gasteiger partial charge in [0.05, 0.1) is 12.1 Å². The quantitative estimate of drug-likeness (QED) is 0.870. The van der Waals surface area contributed by atoms with Gasteiger partial charge in [0.1, 0.15) is 0 Å². The number of nitrogens with zero attached hydrogens (tertiary/aromatic N) is 2. The van der Waals surface area contributed by atoms with Gasteiger partial charge in [-0.2, -0.15) is 0 Å². The molecule has 0 spiro atoms. The standard InChI is InChI=1S/C18H18FN3O3/c1-3-16(24)21-9-7-18(19,11-21)17(25)20-14-4-5-15-13(10-14)6-8-22(15)12(2)23/h3-6,8,10H,1,7,9,11H2,2H3,(H,20,25). The van der Waals surface area contributed by atoms with Gasteiger partial charge in [-0.3, -0.25) is 19.0 Å². The molecule has 1 saturated heterocycles. The molecule has 1 unspecified atom stereocenters. The maximum atomic E-state index is 14.9. The third kappa shape index (κ3) is 3.05. The summed E-state index contributed by atoms with van der Waals surface area (Å²) in [6.45, 7) is 4.72. The van der Waals surface area contributed by atoms with Gasteiger partial charge in [0.25, 0.3) is 5.91 Å². The van der Waals surface area contributed by atoms with Gasteiger partial charge in [-0.25, -0.2) is 4.39 Å². The molecule has 1 aromatic carbocycles. The Morgan fingerprint density at radius 2 is 2.08 bits per heavy atom. The molecule has 2 heterocycles. The highest BCUT2D eigenvalue weighted by molar-refractivity contribution is 6.01. The maximum absolute atomic E-state index is 14.9. The molecule has 7 heteroatoms. The van der Waals surface area contributed by atoms with Crippen molar-refractivity contribution < 1.29 is 18.8 Å². The molecule has 1 fully saturated rings. The van der Waals surface area contributed by atoms with Crippen LogP contribution >= 0.6 is 0 Å². The average Bonchev–Trinajstić information content (AvgIpc) is 3.18. The van der Waals surface area contributed by atoms with Crippen LogP contribution in [0.3, 0.4) is 0 Å². The molecule has 1 aliphatic heterocycles. The summed E-state index contributed by atoms with van der Waals surface area (Å²) in [6.07, 6.45) is 2.70. The summed E-state index contributed by atoms with van der Waals surface area (Å²) in [5, 5.41) is 3.32. The van der Waals surface area contributed by atoms with E-state index >= 15 is 0 Å². The van der Waals surface area contributed by atoms with Gasteiger partial charge in [-0.1, -0.05) is 6.58 Å². The van der Waals surface area contributed by atoms with Gasteiger partial charge in [0.2, 0.25) is 17.5 Å². The lowest BCUT2D eigenvalue weighted by Gasteiger charge is -2.19. The lowest BCUT2D eigenvalue weighted by atomic mass is 10.0. The minimum atomic E-state index is -2.13. The summed E-state index contributed by atoms with van der Waals surface area (Å²) in [5.74, 6) is -1.29. The molecule has 2 amide bonds. The monoisotopic (exact) mass is 343 g/mol. The molecule has 1 N–H and O–H groups in total. The first-order valence-corrected chi connectivity index (χ1v) is 7.88. The summed E-state index contributed by atoms with van der Waals surface area (Å²) in [4.78, 5) is 36.7. The van der Waals surface area contributed by atoms with E-state index in [1.165, 1.54) is 16.4 Å². The van der Waals surface area contributed by atoms with E-state index in [0.717, 1.165) is 11.5 Å². The van der Waals surface area contributed by atoms with Crippen molar-refractivity contribution in [1.82, 2.24) is 9.47 Å². The van der Waals surface area contributed by atoms with Crippen LogP contribution in [0.25, 0.3) is 10.9 Å². The number of carbonyl (C=O) groups is 3. The zero-order chi connectivity index (χ0) is 18.2. The van der Waals surface area contributed by atoms with Crippen LogP contribution in [0.2, 0.25) is 0 Å². The highest BCUT2D eigenvalue weighted by Crippen LogP contribution is 2.28. The number of halogens is 1. The first kappa shape index (κ1) is 16.9. The molecule has 1 aliphatic rings. The number of hydrogen-bond donors (Lipinski definition) is 1. The SMILES string of the molecule is C=CC(=O)N1CCC(F)(C(=O)Nc2ccc3c(ccn3C(C)=O)c2)C1. The summed E-state index contributed by atoms with van der Waals surface area (Å²) >= 11 is 0. The minimum Gasteiger partial charge on any atom is -0.335 e. The van der Waals surface area contributed by atoms with Crippen LogP contribution < -0.4 is 5.32 Å². The van der Waals surface area contributed by atoms with Crippen molar-refractivity contribution in [3.05, 3.63) is 43.1 Å². The maximum Gasteiger partial charge on any atom is 0.264 e. The van der Waals surface area contributed by atoms with Crippen molar-refractivity contribution >= 4 is 34.3 Å². The number of amides is 2. The summed E-state index contributed by atoms with van der Waals surface area (Å²) in [6, 6.07) is 6.74. The largest absolute Gasteiger partial charge is 0.335 e. The summed E-state index contributed by atoms with van der Waals surface area (Å²) < 4.78 is 16.4. The number of fused-ring (bicyclic) bond motifs is 1. The van der Waals surface area contributed by atoms with Gasteiger partial charge >= 0.3 is 0 Å². The molecule has 25 heavy (non-hydrogen) atoms. The normalized spacial score (nSPS) is 19.8. The van der Waals surface area contributed by atoms with Crippen molar-refractivity contribution in [3.8, 4) is 0 Å². The molecular weight excluding hydrogens is 325 g/mol. The van der Waals surface area contributed by atoms with Crippen LogP contribution in [0.15, 0.2) is 43.1 Å². The Morgan fingerprint density at radius 3 is 2.76 bits per heavy atom. The third-order valence-corrected chi connectivity index (χ3v) is 4.40. The van der Waals surface area contributed by atoms with E-state index in [9.17, 15) is 18.8 Å². The lowest BCUT2D eigenvalue weighted by molar-refractivity contribution is -0.129. The number of aromatic nitrogens is 1. The molecule has 6 nitrogen and oxygen atoms in total. The van der Waals surface area contributed by atoms with Crippen molar-refractivity contribution in [1.29, 1.82) is 0 Å². The molecule has 0 radical (unpaired) electrons. The fraction of sp³-hybridized carbons (Fsp3) is 0.278. The van der Waals surface area contributed by atoms with Crippen LogP contribution in [0, 0.1) is 0 Å². The number of anilines is 1. The topological polar surface area (TPSA) is 71.4 Å². The van der Waals surface area contributed by atoms with Crippen LogP contribution in [-0.4, -0.2) is 45.9 Å². The molecule has 2 aromatic rings. The van der Waals surface area contributed by atoms with Crippen molar-refractivity contribution in [2.45, 2.75) is 19.0 Å². The van der Waals surface area contributed by atoms with E-state index in [2.05, 4.69) is 11.9 Å². The first-order valence-electron chi connectivity index (χ1n) is 7.88. The molecule has 0 aliphatic carbocycles. The highest BCUT2D eigenvalue weighted by Gasteiger charge is 2.46. The van der Waals surface area contributed by atoms with E-state index in [-0.39, 0.29) is 31.3 Å². The van der Waals surface area contributed by atoms with Crippen molar-refractivity contribution in [2.75, 3.05) is 18.4 Å². The zero-order valence-electron chi connectivity index (χ0n) is 13.8. The number of likely N-dealkylation sites (tertiary alicyclic amines) is 1. The number of benzene rings is 1. The van der Waals surface area contributed by atoms with Crippen LogP contribution in [0.1, 0.15) is 18.1 Å². The van der Waals surface area contributed by atoms with E-state index < -0.39 is 11.6 Å². The second-order valence-corrected chi connectivity index (χ2v) is 6.11. The van der Waals surface area contributed by atoms with Crippen molar-refractivity contribution in [3.63, 3.8) is 0 Å². The summed E-state index contributed by atoms with van der Waals surface area (Å²) in [5.41, 5.74) is -0.979. The number of carbonyl (C=O) groups excluding carboxylic acids is 3. The van der Waals surface area contributed by atoms with Gasteiger partial charge in [-0.15, -0.1) is 0 Å². The fourth-order valence-corrected chi connectivity index (χ4v) is 3.01. The molecule has 3 rings (SSSR count). The Morgan fingerprint density at radius 1 is 1.32 bits per heavy atom. The Bertz CT molecular complexity index is 889. The van der Waals surface area contributed by atoms with Crippen LogP contribution in [-0.2, 0) is 9.59 Å². The van der Waals surface area contributed by atoms with Crippen LogP contribution in [0.4, 0.5) is 10.1 Å². The Hall–Kier alpha value is -2.96. The highest BCUT2D eigenvalue weighted by atomic mass is 19.1. The molecule has 130 valence electrons. The number of hydrogen-bond acceptors (Lipinski definition) is 3. The Labute approximate surface area is 143 Å². The molecule has 0 saturated carbocycles. The van der Waals surface area contributed by atoms with Gasteiger partial charge in [-0.05, 0) is 30.3 Å². The van der Waals surface area contributed by atoms with Gasteiger partial charge < -0.3 is 10.2 Å². The zero-order valence-corrected chi connectivity index (χ0v) is 13.8. The van der Waals surface area contributed by atoms with Gasteiger partial charge in [0.15, 0.2) is 0 Å². The van der Waals surface area contributed by atoms with E-state index in [0.29, 0.717) is 11.2 Å². The average molecular weight is 343 g/mol. The molecule has 1 atom stereocenters. The Kier molecular flexibility index (Phi) is 4.16. The third-order valence-electron chi connectivity index (χ3n) is 4.40. The predicted octanol–water partition coefficient (Wildman–Crippen LogP) is 2.37. The smallest absolute Gasteiger partial charge is 0.264 e. The first-order chi connectivity index (χ1) is 11.8. The van der Waals surface area contributed by atoms with Crippen molar-refractivity contribution in [2.24, 2.45) is 0 Å². The number of nitrogens with one attached hydrogen (secondary N) is 1. The van der Waals surface area contributed by atoms with Crippen LogP contribution in [0.5, 0.6) is 0 Å². The predicted molar refractivity (Wildman–Crippen MR) is 92.1 cm³/mol. The molecule has 1 aromatic heterocycles. The van der Waals surface area contributed by atoms with E-state index in [4.69, 9.17) is 0 Å². The van der Waals surface area contributed by atoms with E-state index in [1.54, 1.807) is 30.5 Å². The fourth-order valence-electron chi connectivity index (χ4n) is 3.01. The number of alkyl halides is 1. The lowest BCUT2D eigenvalue weighted by Crippen LogP contribution is -2.42. The summed E-state index contributed by atoms with van der Waals surface area (Å²) in [7, 11) is 0.